The van der Waals surface area contributed by atoms with Crippen LogP contribution in [0, 0.1) is 0 Å². The van der Waals surface area contributed by atoms with E-state index in [0.717, 1.165) is 17.7 Å². The van der Waals surface area contributed by atoms with Crippen LogP contribution in [-0.4, -0.2) is 12.4 Å². The first kappa shape index (κ1) is 10.5. The lowest BCUT2D eigenvalue weighted by atomic mass is 10.1. The van der Waals surface area contributed by atoms with Gasteiger partial charge in [-0.25, -0.2) is 0 Å². The van der Waals surface area contributed by atoms with Gasteiger partial charge in [0.1, 0.15) is 6.10 Å². The van der Waals surface area contributed by atoms with Gasteiger partial charge in [-0.3, -0.25) is 0 Å². The topological polar surface area (TPSA) is 44.5 Å². The molecule has 0 aliphatic carbocycles. The van der Waals surface area contributed by atoms with Crippen molar-refractivity contribution in [2.45, 2.75) is 32.2 Å². The van der Waals surface area contributed by atoms with Crippen molar-refractivity contribution in [3.63, 3.8) is 0 Å². The van der Waals surface area contributed by atoms with E-state index in [1.807, 2.05) is 31.2 Å². The number of anilines is 1. The minimum absolute atomic E-state index is 0.0375. The average Bonchev–Trinajstić information content (AvgIpc) is 2.63. The molecule has 1 aliphatic rings. The molecule has 3 nitrogen and oxygen atoms in total. The Morgan fingerprint density at radius 3 is 2.60 bits per heavy atom. The molecule has 15 heavy (non-hydrogen) atoms. The molecule has 0 saturated carbocycles. The van der Waals surface area contributed by atoms with E-state index in [9.17, 15) is 0 Å². The standard InChI is InChI=1S/C12H17NO2/c1-3-12(2)14-8-11(15-12)9-4-6-10(13)7-5-9/h4-7,11H,3,8,13H2,1-2H3/t11-,12?/m1/s1. The maximum atomic E-state index is 5.86. The molecule has 1 heterocycles. The molecule has 3 heteroatoms. The highest BCUT2D eigenvalue weighted by molar-refractivity contribution is 5.40. The summed E-state index contributed by atoms with van der Waals surface area (Å²) in [5.41, 5.74) is 7.53. The zero-order valence-corrected chi connectivity index (χ0v) is 9.19. The third kappa shape index (κ3) is 2.13. The van der Waals surface area contributed by atoms with Crippen molar-refractivity contribution in [2.75, 3.05) is 12.3 Å². The molecule has 0 bridgehead atoms. The normalized spacial score (nSPS) is 30.7. The number of hydrogen-bond acceptors (Lipinski definition) is 3. The lowest BCUT2D eigenvalue weighted by Gasteiger charge is -2.21. The van der Waals surface area contributed by atoms with E-state index < -0.39 is 5.79 Å². The molecule has 1 aliphatic heterocycles. The molecular formula is C12H17NO2. The lowest BCUT2D eigenvalue weighted by molar-refractivity contribution is -0.155. The summed E-state index contributed by atoms with van der Waals surface area (Å²) in [4.78, 5) is 0. The molecule has 0 amide bonds. The summed E-state index contributed by atoms with van der Waals surface area (Å²) in [7, 11) is 0. The summed E-state index contributed by atoms with van der Waals surface area (Å²) in [6.45, 7) is 4.66. The van der Waals surface area contributed by atoms with Gasteiger partial charge in [0.2, 0.25) is 0 Å². The molecule has 2 atom stereocenters. The van der Waals surface area contributed by atoms with E-state index in [1.54, 1.807) is 0 Å². The highest BCUT2D eigenvalue weighted by Crippen LogP contribution is 2.35. The van der Waals surface area contributed by atoms with Crippen LogP contribution in [-0.2, 0) is 9.47 Å². The number of hydrogen-bond donors (Lipinski definition) is 1. The van der Waals surface area contributed by atoms with Gasteiger partial charge in [0.25, 0.3) is 0 Å². The lowest BCUT2D eigenvalue weighted by Crippen LogP contribution is -2.23. The van der Waals surface area contributed by atoms with Gasteiger partial charge >= 0.3 is 0 Å². The molecule has 1 unspecified atom stereocenters. The van der Waals surface area contributed by atoms with Crippen LogP contribution in [0.3, 0.4) is 0 Å². The second-order valence-electron chi connectivity index (χ2n) is 4.07. The van der Waals surface area contributed by atoms with E-state index in [4.69, 9.17) is 15.2 Å². The van der Waals surface area contributed by atoms with Crippen LogP contribution in [0.5, 0.6) is 0 Å². The second kappa shape index (κ2) is 3.83. The van der Waals surface area contributed by atoms with Gasteiger partial charge in [-0.05, 0) is 31.0 Å². The zero-order valence-electron chi connectivity index (χ0n) is 9.19. The first-order chi connectivity index (χ1) is 7.13. The molecule has 0 radical (unpaired) electrons. The summed E-state index contributed by atoms with van der Waals surface area (Å²) >= 11 is 0. The van der Waals surface area contributed by atoms with Crippen LogP contribution in [0.25, 0.3) is 0 Å². The smallest absolute Gasteiger partial charge is 0.166 e. The van der Waals surface area contributed by atoms with Gasteiger partial charge in [0.05, 0.1) is 6.61 Å². The number of ether oxygens (including phenoxy) is 2. The van der Waals surface area contributed by atoms with Gasteiger partial charge in [-0.15, -0.1) is 0 Å². The largest absolute Gasteiger partial charge is 0.399 e. The third-order valence-corrected chi connectivity index (χ3v) is 2.88. The maximum Gasteiger partial charge on any atom is 0.166 e. The monoisotopic (exact) mass is 207 g/mol. The Morgan fingerprint density at radius 1 is 1.40 bits per heavy atom. The first-order valence-corrected chi connectivity index (χ1v) is 5.30. The Kier molecular flexibility index (Phi) is 2.67. The molecule has 82 valence electrons. The molecule has 0 spiro atoms. The molecule has 1 fully saturated rings. The zero-order chi connectivity index (χ0) is 10.9. The van der Waals surface area contributed by atoms with Gasteiger partial charge in [0, 0.05) is 5.69 Å². The van der Waals surface area contributed by atoms with E-state index in [0.29, 0.717) is 6.61 Å². The van der Waals surface area contributed by atoms with Crippen molar-refractivity contribution in [1.29, 1.82) is 0 Å². The Hall–Kier alpha value is -1.06. The fourth-order valence-electron chi connectivity index (χ4n) is 1.68. The van der Waals surface area contributed by atoms with Crippen LogP contribution in [0.4, 0.5) is 5.69 Å². The SMILES string of the molecule is CCC1(C)OC[C@H](c2ccc(N)cc2)O1. The molecule has 2 rings (SSSR count). The van der Waals surface area contributed by atoms with Crippen molar-refractivity contribution in [3.8, 4) is 0 Å². The Labute approximate surface area is 90.2 Å². The Balaban J connectivity index is 2.11. The van der Waals surface area contributed by atoms with Crippen LogP contribution >= 0.6 is 0 Å². The summed E-state index contributed by atoms with van der Waals surface area (Å²) in [6, 6.07) is 7.76. The molecule has 2 N–H and O–H groups in total. The number of rotatable bonds is 2. The highest BCUT2D eigenvalue weighted by atomic mass is 16.7. The number of nitrogen functional groups attached to an aromatic ring is 1. The second-order valence-corrected chi connectivity index (χ2v) is 4.07. The molecule has 0 aromatic heterocycles. The fraction of sp³-hybridized carbons (Fsp3) is 0.500. The maximum absolute atomic E-state index is 5.86. The summed E-state index contributed by atoms with van der Waals surface area (Å²) in [5.74, 6) is -0.425. The van der Waals surface area contributed by atoms with Crippen LogP contribution in [0.1, 0.15) is 31.9 Å². The van der Waals surface area contributed by atoms with Gasteiger partial charge in [0.15, 0.2) is 5.79 Å². The highest BCUT2D eigenvalue weighted by Gasteiger charge is 2.36. The van der Waals surface area contributed by atoms with E-state index >= 15 is 0 Å². The Bertz CT molecular complexity index is 336. The van der Waals surface area contributed by atoms with E-state index in [2.05, 4.69) is 6.92 Å². The third-order valence-electron chi connectivity index (χ3n) is 2.88. The van der Waals surface area contributed by atoms with Gasteiger partial charge < -0.3 is 15.2 Å². The molecule has 1 aromatic carbocycles. The predicted molar refractivity (Wildman–Crippen MR) is 59.3 cm³/mol. The summed E-state index contributed by atoms with van der Waals surface area (Å²) in [5, 5.41) is 0. The molecular weight excluding hydrogens is 190 g/mol. The number of benzene rings is 1. The van der Waals surface area contributed by atoms with Crippen molar-refractivity contribution >= 4 is 5.69 Å². The quantitative estimate of drug-likeness (QED) is 0.758. The minimum atomic E-state index is -0.425. The van der Waals surface area contributed by atoms with Crippen LogP contribution < -0.4 is 5.73 Å². The molecule has 1 saturated heterocycles. The van der Waals surface area contributed by atoms with E-state index in [1.165, 1.54) is 0 Å². The van der Waals surface area contributed by atoms with Crippen LogP contribution in [0.2, 0.25) is 0 Å². The number of nitrogens with two attached hydrogens (primary N) is 1. The van der Waals surface area contributed by atoms with Crippen LogP contribution in [0.15, 0.2) is 24.3 Å². The van der Waals surface area contributed by atoms with E-state index in [-0.39, 0.29) is 6.10 Å². The Morgan fingerprint density at radius 2 is 2.07 bits per heavy atom. The van der Waals surface area contributed by atoms with Crippen molar-refractivity contribution in [2.24, 2.45) is 0 Å². The summed E-state index contributed by atoms with van der Waals surface area (Å²) in [6.07, 6.45) is 0.897. The van der Waals surface area contributed by atoms with Crippen molar-refractivity contribution in [1.82, 2.24) is 0 Å². The van der Waals surface area contributed by atoms with Gasteiger partial charge in [-0.1, -0.05) is 19.1 Å². The van der Waals surface area contributed by atoms with Gasteiger partial charge in [-0.2, -0.15) is 0 Å². The first-order valence-electron chi connectivity index (χ1n) is 5.30. The fourth-order valence-corrected chi connectivity index (χ4v) is 1.68. The average molecular weight is 207 g/mol. The summed E-state index contributed by atoms with van der Waals surface area (Å²) < 4.78 is 11.5. The van der Waals surface area contributed by atoms with Crippen molar-refractivity contribution in [3.05, 3.63) is 29.8 Å². The minimum Gasteiger partial charge on any atom is -0.399 e. The molecule has 1 aromatic rings. The predicted octanol–water partition coefficient (Wildman–Crippen LogP) is 2.48. The van der Waals surface area contributed by atoms with Crippen molar-refractivity contribution < 1.29 is 9.47 Å².